The van der Waals surface area contributed by atoms with Crippen LogP contribution >= 0.6 is 0 Å². The van der Waals surface area contributed by atoms with Crippen molar-refractivity contribution in [2.45, 2.75) is 24.7 Å². The molecule has 0 radical (unpaired) electrons. The Morgan fingerprint density at radius 1 is 0.219 bits per heavy atom. The van der Waals surface area contributed by atoms with Crippen LogP contribution in [0.5, 0.6) is 0 Å². The molecule has 0 amide bonds. The highest BCUT2D eigenvalue weighted by Gasteiger charge is 2.46. The van der Waals surface area contributed by atoms with Gasteiger partial charge in [-0.05, 0) is 181 Å². The second-order valence-electron chi connectivity index (χ2n) is 27.0. The third-order valence-electron chi connectivity index (χ3n) is 21.6. The zero-order valence-corrected chi connectivity index (χ0v) is 53.1. The molecule has 96 heavy (non-hydrogen) atoms. The molecule has 0 fully saturated rings. The summed E-state index contributed by atoms with van der Waals surface area (Å²) in [7, 11) is 0. The largest absolute Gasteiger partial charge is 0.247 e. The summed E-state index contributed by atoms with van der Waals surface area (Å²) in [5.74, 6) is 0. The van der Waals surface area contributed by atoms with Gasteiger partial charge in [-0.25, -0.2) is 9.97 Å². The molecular weight excluding hydrogens is 1160 g/mol. The van der Waals surface area contributed by atoms with E-state index in [1.54, 1.807) is 0 Å². The summed E-state index contributed by atoms with van der Waals surface area (Å²) in [6.07, 6.45) is 0. The lowest BCUT2D eigenvalue weighted by atomic mass is 9.67. The first kappa shape index (κ1) is 54.5. The van der Waals surface area contributed by atoms with Crippen LogP contribution in [0.25, 0.3) is 165 Å². The van der Waals surface area contributed by atoms with Crippen molar-refractivity contribution in [3.05, 3.63) is 361 Å². The van der Waals surface area contributed by atoms with Gasteiger partial charge in [0.1, 0.15) is 0 Å². The van der Waals surface area contributed by atoms with E-state index in [1.165, 1.54) is 115 Å². The zero-order chi connectivity index (χ0) is 63.4. The number of pyridine rings is 2. The van der Waals surface area contributed by atoms with E-state index in [0.717, 1.165) is 82.6 Å². The number of rotatable bonds is 7. The van der Waals surface area contributed by atoms with Crippen molar-refractivity contribution in [3.63, 3.8) is 0 Å². The van der Waals surface area contributed by atoms with Crippen LogP contribution in [0.3, 0.4) is 0 Å². The van der Waals surface area contributed by atoms with E-state index < -0.39 is 5.41 Å². The number of benzene rings is 16. The number of para-hydroxylation sites is 1. The van der Waals surface area contributed by atoms with Gasteiger partial charge in [0.25, 0.3) is 0 Å². The Bertz CT molecular complexity index is 6320. The predicted octanol–water partition coefficient (Wildman–Crippen LogP) is 24.7. The van der Waals surface area contributed by atoms with Gasteiger partial charge in [-0.2, -0.15) is 0 Å². The van der Waals surface area contributed by atoms with E-state index in [4.69, 9.17) is 9.97 Å². The molecule has 18 aromatic rings. The predicted molar refractivity (Wildman–Crippen MR) is 404 cm³/mol. The Hall–Kier alpha value is -12.1. The maximum Gasteiger partial charge on any atom is 0.0788 e. The Balaban J connectivity index is 0.806. The molecule has 2 nitrogen and oxygen atoms in total. The molecule has 446 valence electrons. The normalized spacial score (nSPS) is 13.5. The molecule has 0 atom stereocenters. The minimum absolute atomic E-state index is 0.189. The van der Waals surface area contributed by atoms with Gasteiger partial charge in [-0.3, -0.25) is 0 Å². The first-order valence-electron chi connectivity index (χ1n) is 33.5. The molecule has 0 bridgehead atoms. The average Bonchev–Trinajstić information content (AvgIpc) is 1.74. The lowest BCUT2D eigenvalue weighted by Crippen LogP contribution is -2.28. The molecule has 0 spiro atoms. The van der Waals surface area contributed by atoms with E-state index in [1.807, 2.05) is 0 Å². The standard InChI is InChI=1S/C94H60N2/c1-93(2)82-37-18-15-32-72(82)74-47-44-62(53-84(74)93)80-52-65(55-87-90(80)89-70-30-12-11-23-58(70)42-49-78(89)91(96-87)63-41-40-57-22-9-10-24-59(57)50-63)68-36-21-25-60-51-64(45-46-69(60)68)92-81-56-79(71-31-13-14-34-76(71)88(81)77-35-17-20-39-86(77)95-92)61-43-48-75-73-33-16-19-38-83(73)94(85(75)54-61,66-26-5-3-6-27-66)67-28-7-4-8-29-67/h3-56H,1-2H3. The molecule has 2 heteroatoms. The van der Waals surface area contributed by atoms with Crippen LogP contribution in [-0.4, -0.2) is 9.97 Å². The quantitative estimate of drug-likeness (QED) is 0.149. The smallest absolute Gasteiger partial charge is 0.0788 e. The van der Waals surface area contributed by atoms with Crippen molar-refractivity contribution in [1.29, 1.82) is 0 Å². The van der Waals surface area contributed by atoms with Crippen molar-refractivity contribution in [2.75, 3.05) is 0 Å². The molecule has 16 aromatic carbocycles. The summed E-state index contributed by atoms with van der Waals surface area (Å²) < 4.78 is 0. The van der Waals surface area contributed by atoms with Gasteiger partial charge in [0.15, 0.2) is 0 Å². The Kier molecular flexibility index (Phi) is 11.7. The van der Waals surface area contributed by atoms with Gasteiger partial charge >= 0.3 is 0 Å². The van der Waals surface area contributed by atoms with E-state index in [9.17, 15) is 0 Å². The number of nitrogens with zero attached hydrogens (tertiary/aromatic N) is 2. The van der Waals surface area contributed by atoms with Crippen molar-refractivity contribution >= 4 is 86.4 Å². The highest BCUT2D eigenvalue weighted by molar-refractivity contribution is 6.28. The molecule has 2 aromatic heterocycles. The van der Waals surface area contributed by atoms with Crippen LogP contribution in [0.15, 0.2) is 328 Å². The molecule has 0 N–H and O–H groups in total. The van der Waals surface area contributed by atoms with Crippen molar-refractivity contribution < 1.29 is 0 Å². The van der Waals surface area contributed by atoms with Crippen molar-refractivity contribution in [3.8, 4) is 78.1 Å². The summed E-state index contributed by atoms with van der Waals surface area (Å²) in [6, 6.07) is 122. The number of fused-ring (bicyclic) bond motifs is 18. The Labute approximate surface area is 556 Å². The van der Waals surface area contributed by atoms with Crippen molar-refractivity contribution in [1.82, 2.24) is 9.97 Å². The topological polar surface area (TPSA) is 25.8 Å². The molecule has 0 aliphatic heterocycles. The van der Waals surface area contributed by atoms with Gasteiger partial charge in [0.05, 0.1) is 27.8 Å². The summed E-state index contributed by atoms with van der Waals surface area (Å²) in [6.45, 7) is 4.76. The minimum atomic E-state index is -0.537. The zero-order valence-electron chi connectivity index (χ0n) is 53.1. The van der Waals surface area contributed by atoms with E-state index in [2.05, 4.69) is 341 Å². The number of aromatic nitrogens is 2. The lowest BCUT2D eigenvalue weighted by molar-refractivity contribution is 0.660. The van der Waals surface area contributed by atoms with Gasteiger partial charge in [0.2, 0.25) is 0 Å². The fraction of sp³-hybridized carbons (Fsp3) is 0.0426. The first-order chi connectivity index (χ1) is 47.3. The van der Waals surface area contributed by atoms with E-state index >= 15 is 0 Å². The molecule has 2 aliphatic rings. The van der Waals surface area contributed by atoms with Gasteiger partial charge in [-0.1, -0.05) is 293 Å². The fourth-order valence-electron chi connectivity index (χ4n) is 17.3. The summed E-state index contributed by atoms with van der Waals surface area (Å²) in [5, 5.41) is 16.5. The third-order valence-corrected chi connectivity index (χ3v) is 21.6. The van der Waals surface area contributed by atoms with Crippen LogP contribution < -0.4 is 0 Å². The highest BCUT2D eigenvalue weighted by Crippen LogP contribution is 2.58. The molecule has 2 heterocycles. The van der Waals surface area contributed by atoms with Crippen LogP contribution in [0.1, 0.15) is 47.2 Å². The highest BCUT2D eigenvalue weighted by atomic mass is 14.7. The average molecular weight is 1220 g/mol. The molecular formula is C94H60N2. The fourth-order valence-corrected chi connectivity index (χ4v) is 17.3. The molecule has 0 saturated carbocycles. The Morgan fingerprint density at radius 2 is 0.740 bits per heavy atom. The van der Waals surface area contributed by atoms with E-state index in [0.29, 0.717) is 0 Å². The van der Waals surface area contributed by atoms with Crippen molar-refractivity contribution in [2.24, 2.45) is 0 Å². The van der Waals surface area contributed by atoms with Gasteiger partial charge in [-0.15, -0.1) is 0 Å². The second-order valence-corrected chi connectivity index (χ2v) is 27.0. The summed E-state index contributed by atoms with van der Waals surface area (Å²) in [4.78, 5) is 11.6. The summed E-state index contributed by atoms with van der Waals surface area (Å²) in [5.41, 5.74) is 25.2. The number of hydrogen-bond acceptors (Lipinski definition) is 2. The van der Waals surface area contributed by atoms with Crippen LogP contribution in [-0.2, 0) is 10.8 Å². The lowest BCUT2D eigenvalue weighted by Gasteiger charge is -2.34. The van der Waals surface area contributed by atoms with Crippen LogP contribution in [0.4, 0.5) is 0 Å². The Morgan fingerprint density at radius 3 is 1.52 bits per heavy atom. The summed E-state index contributed by atoms with van der Waals surface area (Å²) >= 11 is 0. The first-order valence-corrected chi connectivity index (χ1v) is 33.5. The number of hydrogen-bond donors (Lipinski definition) is 0. The van der Waals surface area contributed by atoms with E-state index in [-0.39, 0.29) is 5.41 Å². The maximum atomic E-state index is 5.88. The van der Waals surface area contributed by atoms with Crippen LogP contribution in [0, 0.1) is 0 Å². The molecule has 0 saturated heterocycles. The second kappa shape index (κ2) is 20.7. The van der Waals surface area contributed by atoms with Gasteiger partial charge < -0.3 is 0 Å². The SMILES string of the molecule is CC1(C)c2ccccc2-c2ccc(-c3cc(-c4cccc5cc(-c6nc7ccccc7c7c6cc(-c6ccc8c(c6)C(c6ccccc6)(c6ccccc6)c6ccccc6-8)c6ccccc67)ccc45)cc4nc(-c5ccc6ccccc6c5)c5ccc6ccccc6c5c34)cc21. The monoisotopic (exact) mass is 1220 g/mol. The molecule has 20 rings (SSSR count). The van der Waals surface area contributed by atoms with Gasteiger partial charge in [0, 0.05) is 48.9 Å². The third kappa shape index (κ3) is 7.87. The molecule has 0 unspecified atom stereocenters. The molecule has 2 aliphatic carbocycles. The minimum Gasteiger partial charge on any atom is -0.247 e. The maximum absolute atomic E-state index is 5.88. The van der Waals surface area contributed by atoms with Crippen LogP contribution in [0.2, 0.25) is 0 Å².